The number of halogens is 1. The Balaban J connectivity index is 2.36. The van der Waals surface area contributed by atoms with Gasteiger partial charge in [-0.2, -0.15) is 0 Å². The predicted molar refractivity (Wildman–Crippen MR) is 87.4 cm³/mol. The largest absolute Gasteiger partial charge is 0.397 e. The van der Waals surface area contributed by atoms with E-state index in [0.717, 1.165) is 11.1 Å². The van der Waals surface area contributed by atoms with Crippen LogP contribution in [-0.2, 0) is 4.84 Å². The van der Waals surface area contributed by atoms with Gasteiger partial charge in [-0.3, -0.25) is 9.63 Å². The third-order valence-electron chi connectivity index (χ3n) is 2.91. The van der Waals surface area contributed by atoms with E-state index in [4.69, 9.17) is 22.2 Å². The fourth-order valence-corrected chi connectivity index (χ4v) is 1.97. The van der Waals surface area contributed by atoms with Gasteiger partial charge in [0.25, 0.3) is 5.91 Å². The molecule has 0 atom stereocenters. The molecular formula is C16H16ClN3O2. The summed E-state index contributed by atoms with van der Waals surface area (Å²) in [5.74, 6) is -0.562. The lowest BCUT2D eigenvalue weighted by atomic mass is 10.1. The summed E-state index contributed by atoms with van der Waals surface area (Å²) in [5.41, 5.74) is 10.9. The number of carbonyl (C=O) groups excluding carboxylic acids is 1. The van der Waals surface area contributed by atoms with Gasteiger partial charge in [0.1, 0.15) is 0 Å². The number of amides is 1. The molecule has 0 unspecified atom stereocenters. The first kappa shape index (κ1) is 16.0. The molecule has 1 heterocycles. The van der Waals surface area contributed by atoms with Crippen molar-refractivity contribution >= 4 is 23.2 Å². The molecule has 2 aromatic rings. The van der Waals surface area contributed by atoms with Crippen LogP contribution in [0.3, 0.4) is 0 Å². The summed E-state index contributed by atoms with van der Waals surface area (Å²) in [5, 5.41) is 0.0931. The SMILES string of the molecule is C=CCONC(=O)c1nc(-c2ccc(C)cc2)cc(N)c1Cl. The average Bonchev–Trinajstić information content (AvgIpc) is 2.50. The predicted octanol–water partition coefficient (Wildman–Crippen LogP) is 3.14. The molecule has 114 valence electrons. The Hall–Kier alpha value is -2.37. The third kappa shape index (κ3) is 3.63. The van der Waals surface area contributed by atoms with Crippen LogP contribution in [0.1, 0.15) is 16.1 Å². The van der Waals surface area contributed by atoms with Gasteiger partial charge in [-0.05, 0) is 13.0 Å². The molecule has 0 radical (unpaired) electrons. The number of rotatable bonds is 5. The molecule has 0 fully saturated rings. The van der Waals surface area contributed by atoms with Crippen molar-refractivity contribution in [2.45, 2.75) is 6.92 Å². The lowest BCUT2D eigenvalue weighted by Crippen LogP contribution is -2.25. The Morgan fingerprint density at radius 3 is 2.77 bits per heavy atom. The number of hydrogen-bond donors (Lipinski definition) is 2. The number of anilines is 1. The Bertz CT molecular complexity index is 699. The fraction of sp³-hybridized carbons (Fsp3) is 0.125. The van der Waals surface area contributed by atoms with Crippen LogP contribution in [0.2, 0.25) is 5.02 Å². The number of nitrogens with two attached hydrogens (primary N) is 1. The van der Waals surface area contributed by atoms with Gasteiger partial charge in [-0.25, -0.2) is 10.5 Å². The molecule has 1 aromatic heterocycles. The third-order valence-corrected chi connectivity index (χ3v) is 3.31. The van der Waals surface area contributed by atoms with Crippen molar-refractivity contribution in [1.29, 1.82) is 0 Å². The Kier molecular flexibility index (Phi) is 5.14. The summed E-state index contributed by atoms with van der Waals surface area (Å²) in [7, 11) is 0. The van der Waals surface area contributed by atoms with Crippen LogP contribution in [-0.4, -0.2) is 17.5 Å². The minimum Gasteiger partial charge on any atom is -0.397 e. The van der Waals surface area contributed by atoms with Gasteiger partial charge < -0.3 is 5.73 Å². The highest BCUT2D eigenvalue weighted by atomic mass is 35.5. The quantitative estimate of drug-likeness (QED) is 0.504. The first-order valence-corrected chi connectivity index (χ1v) is 6.96. The Labute approximate surface area is 133 Å². The summed E-state index contributed by atoms with van der Waals surface area (Å²) < 4.78 is 0. The number of nitrogens with one attached hydrogen (secondary N) is 1. The van der Waals surface area contributed by atoms with E-state index in [0.29, 0.717) is 5.69 Å². The van der Waals surface area contributed by atoms with Crippen molar-refractivity contribution in [2.75, 3.05) is 12.3 Å². The second-order valence-electron chi connectivity index (χ2n) is 4.66. The van der Waals surface area contributed by atoms with Crippen LogP contribution in [0.4, 0.5) is 5.69 Å². The van der Waals surface area contributed by atoms with Crippen LogP contribution in [0.25, 0.3) is 11.3 Å². The summed E-state index contributed by atoms with van der Waals surface area (Å²) >= 11 is 6.06. The highest BCUT2D eigenvalue weighted by molar-refractivity contribution is 6.36. The van der Waals surface area contributed by atoms with E-state index in [9.17, 15) is 4.79 Å². The molecule has 0 spiro atoms. The maximum absolute atomic E-state index is 12.1. The van der Waals surface area contributed by atoms with Gasteiger partial charge in [0, 0.05) is 5.56 Å². The number of nitrogens with zero attached hydrogens (tertiary/aromatic N) is 1. The fourth-order valence-electron chi connectivity index (χ4n) is 1.79. The van der Waals surface area contributed by atoms with Crippen molar-refractivity contribution in [3.63, 3.8) is 0 Å². The topological polar surface area (TPSA) is 77.2 Å². The monoisotopic (exact) mass is 317 g/mol. The van der Waals surface area contributed by atoms with Crippen LogP contribution in [0, 0.1) is 6.92 Å². The molecule has 2 rings (SSSR count). The lowest BCUT2D eigenvalue weighted by Gasteiger charge is -2.10. The number of aryl methyl sites for hydroxylation is 1. The van der Waals surface area contributed by atoms with Crippen LogP contribution < -0.4 is 11.2 Å². The Morgan fingerprint density at radius 2 is 2.14 bits per heavy atom. The lowest BCUT2D eigenvalue weighted by molar-refractivity contribution is 0.0417. The molecule has 1 amide bonds. The molecule has 22 heavy (non-hydrogen) atoms. The molecule has 1 aromatic carbocycles. The van der Waals surface area contributed by atoms with E-state index in [1.54, 1.807) is 6.07 Å². The molecule has 0 aliphatic heterocycles. The van der Waals surface area contributed by atoms with E-state index in [2.05, 4.69) is 17.0 Å². The summed E-state index contributed by atoms with van der Waals surface area (Å²) in [6.07, 6.45) is 1.51. The van der Waals surface area contributed by atoms with Gasteiger partial charge >= 0.3 is 0 Å². The first-order chi connectivity index (χ1) is 10.5. The maximum atomic E-state index is 12.1. The summed E-state index contributed by atoms with van der Waals surface area (Å²) in [6, 6.07) is 9.35. The minimum atomic E-state index is -0.562. The summed E-state index contributed by atoms with van der Waals surface area (Å²) in [4.78, 5) is 21.2. The zero-order valence-electron chi connectivity index (χ0n) is 12.1. The van der Waals surface area contributed by atoms with Crippen LogP contribution >= 0.6 is 11.6 Å². The van der Waals surface area contributed by atoms with Gasteiger partial charge in [0.15, 0.2) is 5.69 Å². The molecule has 0 saturated carbocycles. The van der Waals surface area contributed by atoms with Crippen LogP contribution in [0.5, 0.6) is 0 Å². The highest BCUT2D eigenvalue weighted by Crippen LogP contribution is 2.28. The van der Waals surface area contributed by atoms with E-state index >= 15 is 0 Å². The van der Waals surface area contributed by atoms with Gasteiger partial charge in [0.05, 0.1) is 23.0 Å². The van der Waals surface area contributed by atoms with Gasteiger partial charge in [-0.15, -0.1) is 6.58 Å². The second-order valence-corrected chi connectivity index (χ2v) is 5.03. The zero-order valence-corrected chi connectivity index (χ0v) is 12.9. The molecule has 0 bridgehead atoms. The smallest absolute Gasteiger partial charge is 0.295 e. The summed E-state index contributed by atoms with van der Waals surface area (Å²) in [6.45, 7) is 5.65. The van der Waals surface area contributed by atoms with Crippen LogP contribution in [0.15, 0.2) is 43.0 Å². The standard InChI is InChI=1S/C16H16ClN3O2/c1-3-8-22-20-16(21)15-14(17)12(18)9-13(19-15)11-6-4-10(2)5-7-11/h3-7,9H,1,8H2,2H3,(H2,18,19)(H,20,21). The van der Waals surface area contributed by atoms with Crippen molar-refractivity contribution in [1.82, 2.24) is 10.5 Å². The maximum Gasteiger partial charge on any atom is 0.295 e. The minimum absolute atomic E-state index is 0.0151. The first-order valence-electron chi connectivity index (χ1n) is 6.59. The number of hydrogen-bond acceptors (Lipinski definition) is 4. The number of nitrogen functional groups attached to an aromatic ring is 1. The number of pyridine rings is 1. The van der Waals surface area contributed by atoms with E-state index in [1.807, 2.05) is 31.2 Å². The molecule has 6 heteroatoms. The molecule has 0 aliphatic rings. The zero-order chi connectivity index (χ0) is 16.1. The average molecular weight is 318 g/mol. The molecule has 0 saturated heterocycles. The van der Waals surface area contributed by atoms with Gasteiger partial charge in [0.2, 0.25) is 0 Å². The normalized spacial score (nSPS) is 10.3. The molecule has 3 N–H and O–H groups in total. The van der Waals surface area contributed by atoms with Crippen molar-refractivity contribution in [3.8, 4) is 11.3 Å². The van der Waals surface area contributed by atoms with Crippen molar-refractivity contribution in [2.24, 2.45) is 0 Å². The number of aromatic nitrogens is 1. The second kappa shape index (κ2) is 7.06. The van der Waals surface area contributed by atoms with Crippen molar-refractivity contribution < 1.29 is 9.63 Å². The van der Waals surface area contributed by atoms with Crippen molar-refractivity contribution in [3.05, 3.63) is 59.3 Å². The number of carbonyl (C=O) groups is 1. The van der Waals surface area contributed by atoms with E-state index < -0.39 is 5.91 Å². The Morgan fingerprint density at radius 1 is 1.45 bits per heavy atom. The number of hydroxylamine groups is 1. The highest BCUT2D eigenvalue weighted by Gasteiger charge is 2.17. The molecule has 5 nitrogen and oxygen atoms in total. The van der Waals surface area contributed by atoms with Gasteiger partial charge in [-0.1, -0.05) is 47.5 Å². The molecule has 0 aliphatic carbocycles. The van der Waals surface area contributed by atoms with E-state index in [1.165, 1.54) is 6.08 Å². The number of benzene rings is 1. The van der Waals surface area contributed by atoms with E-state index in [-0.39, 0.29) is 23.0 Å². The molecular weight excluding hydrogens is 302 g/mol.